The molecule has 1 unspecified atom stereocenters. The van der Waals surface area contributed by atoms with Crippen molar-refractivity contribution in [3.63, 3.8) is 0 Å². The SMILES string of the molecule is C1=CNS(Cc2ccccc2)=N1. The van der Waals surface area contributed by atoms with Crippen LogP contribution in [-0.4, -0.2) is 0 Å². The van der Waals surface area contributed by atoms with E-state index in [4.69, 9.17) is 0 Å². The smallest absolute Gasteiger partial charge is 0.0527 e. The summed E-state index contributed by atoms with van der Waals surface area (Å²) < 4.78 is 7.45. The summed E-state index contributed by atoms with van der Waals surface area (Å²) in [6.07, 6.45) is 3.72. The van der Waals surface area contributed by atoms with Crippen molar-refractivity contribution in [3.8, 4) is 0 Å². The lowest BCUT2D eigenvalue weighted by Crippen LogP contribution is -2.07. The fourth-order valence-corrected chi connectivity index (χ4v) is 2.21. The van der Waals surface area contributed by atoms with Crippen molar-refractivity contribution in [1.82, 2.24) is 4.72 Å². The van der Waals surface area contributed by atoms with E-state index in [9.17, 15) is 0 Å². The van der Waals surface area contributed by atoms with Gasteiger partial charge < -0.3 is 4.72 Å². The molecule has 0 amide bonds. The summed E-state index contributed by atoms with van der Waals surface area (Å²) in [7, 11) is -0.0144. The van der Waals surface area contributed by atoms with E-state index in [1.165, 1.54) is 5.56 Å². The van der Waals surface area contributed by atoms with Crippen LogP contribution in [-0.2, 0) is 16.6 Å². The fraction of sp³-hybridized carbons (Fsp3) is 0.111. The molecule has 1 heterocycles. The zero-order valence-electron chi connectivity index (χ0n) is 6.60. The topological polar surface area (TPSA) is 24.4 Å². The molecule has 12 heavy (non-hydrogen) atoms. The normalized spacial score (nSPS) is 20.2. The van der Waals surface area contributed by atoms with Crippen molar-refractivity contribution in [2.45, 2.75) is 5.75 Å². The monoisotopic (exact) mass is 178 g/mol. The number of hydrogen-bond donors (Lipinski definition) is 1. The number of rotatable bonds is 2. The zero-order chi connectivity index (χ0) is 8.23. The summed E-state index contributed by atoms with van der Waals surface area (Å²) in [6.45, 7) is 0. The van der Waals surface area contributed by atoms with Crippen molar-refractivity contribution >= 4 is 10.9 Å². The van der Waals surface area contributed by atoms with Gasteiger partial charge in [-0.25, -0.2) is 4.36 Å². The van der Waals surface area contributed by atoms with Gasteiger partial charge in [-0.3, -0.25) is 0 Å². The van der Waals surface area contributed by atoms with Gasteiger partial charge >= 0.3 is 0 Å². The number of nitrogens with one attached hydrogen (secondary N) is 1. The molecule has 1 N–H and O–H groups in total. The van der Waals surface area contributed by atoms with Gasteiger partial charge in [0.2, 0.25) is 0 Å². The lowest BCUT2D eigenvalue weighted by Gasteiger charge is -2.02. The molecule has 1 aromatic rings. The highest BCUT2D eigenvalue weighted by Gasteiger charge is 1.98. The first-order chi connectivity index (χ1) is 5.95. The fourth-order valence-electron chi connectivity index (χ4n) is 1.05. The quantitative estimate of drug-likeness (QED) is 0.735. The van der Waals surface area contributed by atoms with Crippen LogP contribution in [0.5, 0.6) is 0 Å². The van der Waals surface area contributed by atoms with Crippen LogP contribution in [0.3, 0.4) is 0 Å². The predicted octanol–water partition coefficient (Wildman–Crippen LogP) is 1.98. The van der Waals surface area contributed by atoms with E-state index in [-0.39, 0.29) is 10.9 Å². The third-order valence-corrected chi connectivity index (χ3v) is 3.00. The Morgan fingerprint density at radius 3 is 2.75 bits per heavy atom. The third-order valence-electron chi connectivity index (χ3n) is 1.61. The van der Waals surface area contributed by atoms with Gasteiger partial charge in [0, 0.05) is 22.8 Å². The molecule has 1 atom stereocenters. The molecule has 1 aromatic carbocycles. The minimum Gasteiger partial charge on any atom is -0.326 e. The van der Waals surface area contributed by atoms with Crippen LogP contribution in [0.25, 0.3) is 0 Å². The lowest BCUT2D eigenvalue weighted by atomic mass is 10.2. The largest absolute Gasteiger partial charge is 0.326 e. The van der Waals surface area contributed by atoms with E-state index in [0.29, 0.717) is 0 Å². The molecule has 3 heteroatoms. The number of nitrogens with zero attached hydrogens (tertiary/aromatic N) is 1. The Bertz CT molecular complexity index is 317. The molecule has 62 valence electrons. The van der Waals surface area contributed by atoms with Gasteiger partial charge in [-0.15, -0.1) is 0 Å². The highest BCUT2D eigenvalue weighted by atomic mass is 32.2. The summed E-state index contributed by atoms with van der Waals surface area (Å²) in [6, 6.07) is 10.4. The Hall–Kier alpha value is -1.09. The molecule has 2 rings (SSSR count). The number of benzene rings is 1. The van der Waals surface area contributed by atoms with Crippen LogP contribution in [0.15, 0.2) is 47.1 Å². The molecule has 0 bridgehead atoms. The summed E-state index contributed by atoms with van der Waals surface area (Å²) in [5.41, 5.74) is 1.33. The van der Waals surface area contributed by atoms with Gasteiger partial charge in [0.25, 0.3) is 0 Å². The van der Waals surface area contributed by atoms with Crippen molar-refractivity contribution in [2.75, 3.05) is 0 Å². The van der Waals surface area contributed by atoms with Gasteiger partial charge in [-0.1, -0.05) is 30.3 Å². The van der Waals surface area contributed by atoms with Crippen LogP contribution in [0.4, 0.5) is 0 Å². The molecule has 2 nitrogen and oxygen atoms in total. The minimum absolute atomic E-state index is 0.0144. The van der Waals surface area contributed by atoms with Crippen molar-refractivity contribution in [3.05, 3.63) is 48.3 Å². The Kier molecular flexibility index (Phi) is 2.23. The Balaban J connectivity index is 2.05. The average Bonchev–Trinajstić information content (AvgIpc) is 2.59. The van der Waals surface area contributed by atoms with Gasteiger partial charge in [-0.05, 0) is 5.56 Å². The molecule has 1 aliphatic rings. The van der Waals surface area contributed by atoms with Crippen LogP contribution in [0.2, 0.25) is 0 Å². The minimum atomic E-state index is -0.0144. The summed E-state index contributed by atoms with van der Waals surface area (Å²) in [5.74, 6) is 0.994. The molecule has 0 aliphatic carbocycles. The van der Waals surface area contributed by atoms with Crippen molar-refractivity contribution in [2.24, 2.45) is 4.36 Å². The van der Waals surface area contributed by atoms with Gasteiger partial charge in [0.15, 0.2) is 0 Å². The van der Waals surface area contributed by atoms with Crippen LogP contribution < -0.4 is 4.72 Å². The molecule has 0 radical (unpaired) electrons. The molecule has 0 saturated heterocycles. The van der Waals surface area contributed by atoms with E-state index in [1.807, 2.05) is 18.5 Å². The molecule has 1 aliphatic heterocycles. The number of hydrogen-bond acceptors (Lipinski definition) is 2. The van der Waals surface area contributed by atoms with Crippen LogP contribution >= 0.6 is 0 Å². The van der Waals surface area contributed by atoms with Gasteiger partial charge in [-0.2, -0.15) is 0 Å². The molecule has 0 saturated carbocycles. The van der Waals surface area contributed by atoms with Crippen LogP contribution in [0, 0.1) is 0 Å². The maximum atomic E-state index is 4.27. The standard InChI is InChI=1S/C9H10N2S/c1-2-4-9(5-3-1)8-12-10-6-7-11-12/h1-7H,8H2,(H,10,11). The first-order valence-electron chi connectivity index (χ1n) is 3.82. The second-order valence-electron chi connectivity index (χ2n) is 2.53. The lowest BCUT2D eigenvalue weighted by molar-refractivity contribution is 1.35. The first kappa shape index (κ1) is 7.55. The molecule has 0 fully saturated rings. The molecular weight excluding hydrogens is 168 g/mol. The van der Waals surface area contributed by atoms with Gasteiger partial charge in [0.1, 0.15) is 0 Å². The Labute approximate surface area is 74.5 Å². The summed E-state index contributed by atoms with van der Waals surface area (Å²) in [5, 5.41) is 0. The van der Waals surface area contributed by atoms with E-state index < -0.39 is 0 Å². The Morgan fingerprint density at radius 2 is 2.08 bits per heavy atom. The van der Waals surface area contributed by atoms with E-state index in [0.717, 1.165) is 5.75 Å². The summed E-state index contributed by atoms with van der Waals surface area (Å²) >= 11 is 0. The van der Waals surface area contributed by atoms with E-state index >= 15 is 0 Å². The molecular formula is C9H10N2S. The second kappa shape index (κ2) is 3.54. The van der Waals surface area contributed by atoms with E-state index in [1.54, 1.807) is 0 Å². The highest BCUT2D eigenvalue weighted by molar-refractivity contribution is 7.84. The van der Waals surface area contributed by atoms with Crippen molar-refractivity contribution in [1.29, 1.82) is 0 Å². The Morgan fingerprint density at radius 1 is 1.25 bits per heavy atom. The van der Waals surface area contributed by atoms with E-state index in [2.05, 4.69) is 33.4 Å². The summed E-state index contributed by atoms with van der Waals surface area (Å²) in [4.78, 5) is 0. The van der Waals surface area contributed by atoms with Gasteiger partial charge in [0.05, 0.1) is 6.20 Å². The first-order valence-corrected chi connectivity index (χ1v) is 5.17. The molecule has 0 spiro atoms. The van der Waals surface area contributed by atoms with Crippen LogP contribution in [0.1, 0.15) is 5.56 Å². The maximum Gasteiger partial charge on any atom is 0.0527 e. The zero-order valence-corrected chi connectivity index (χ0v) is 7.42. The predicted molar refractivity (Wildman–Crippen MR) is 52.2 cm³/mol. The maximum absolute atomic E-state index is 4.27. The molecule has 0 aromatic heterocycles. The average molecular weight is 178 g/mol. The van der Waals surface area contributed by atoms with Crippen molar-refractivity contribution < 1.29 is 0 Å². The third kappa shape index (κ3) is 1.74. The highest BCUT2D eigenvalue weighted by Crippen LogP contribution is 2.05. The second-order valence-corrected chi connectivity index (χ2v) is 4.00.